The molecule has 0 heterocycles. The quantitative estimate of drug-likeness (QED) is 0.458. The Morgan fingerprint density at radius 3 is 2.40 bits per heavy atom. The minimum absolute atomic E-state index is 0.177. The first kappa shape index (κ1) is 14.2. The number of carboxylic acid groups (broad SMARTS) is 1. The van der Waals surface area contributed by atoms with Crippen LogP contribution in [-0.2, 0) is 4.79 Å². The first-order valence-electron chi connectivity index (χ1n) is 5.70. The summed E-state index contributed by atoms with van der Waals surface area (Å²) >= 11 is 0. The van der Waals surface area contributed by atoms with Gasteiger partial charge in [0.2, 0.25) is 0 Å². The van der Waals surface area contributed by atoms with Gasteiger partial charge in [-0.3, -0.25) is 0 Å². The molecule has 1 atom stereocenters. The molecule has 3 nitrogen and oxygen atoms in total. The molecule has 0 aliphatic carbocycles. The maximum Gasteiger partial charge on any atom is 0.327 e. The van der Waals surface area contributed by atoms with Gasteiger partial charge in [-0.05, 0) is 26.2 Å². The van der Waals surface area contributed by atoms with Crippen molar-refractivity contribution in [3.63, 3.8) is 0 Å². The van der Waals surface area contributed by atoms with Crippen LogP contribution in [0.25, 0.3) is 0 Å². The molecular weight excluding hydrogens is 192 g/mol. The van der Waals surface area contributed by atoms with Gasteiger partial charge in [0.15, 0.2) is 0 Å². The van der Waals surface area contributed by atoms with E-state index in [1.807, 2.05) is 6.92 Å². The van der Waals surface area contributed by atoms with Crippen molar-refractivity contribution in [2.24, 2.45) is 0 Å². The lowest BCUT2D eigenvalue weighted by Crippen LogP contribution is -1.98. The lowest BCUT2D eigenvalue weighted by Gasteiger charge is -2.02. The second-order valence-corrected chi connectivity index (χ2v) is 3.93. The fourth-order valence-corrected chi connectivity index (χ4v) is 1.42. The van der Waals surface area contributed by atoms with Crippen molar-refractivity contribution >= 4 is 5.97 Å². The topological polar surface area (TPSA) is 57.5 Å². The van der Waals surface area contributed by atoms with Crippen molar-refractivity contribution in [2.75, 3.05) is 0 Å². The van der Waals surface area contributed by atoms with Crippen LogP contribution in [0, 0.1) is 0 Å². The molecule has 3 heteroatoms. The Kier molecular flexibility index (Phi) is 9.18. The minimum Gasteiger partial charge on any atom is -0.478 e. The van der Waals surface area contributed by atoms with E-state index in [-0.39, 0.29) is 6.10 Å². The molecule has 0 rings (SSSR count). The number of carbonyl (C=O) groups is 1. The van der Waals surface area contributed by atoms with E-state index in [1.54, 1.807) is 6.08 Å². The van der Waals surface area contributed by atoms with Crippen molar-refractivity contribution < 1.29 is 15.0 Å². The van der Waals surface area contributed by atoms with E-state index in [1.165, 1.54) is 12.5 Å². The first-order chi connectivity index (χ1) is 7.13. The Hall–Kier alpha value is -0.830. The fraction of sp³-hybridized carbons (Fsp3) is 0.750. The van der Waals surface area contributed by atoms with Crippen LogP contribution in [0.3, 0.4) is 0 Å². The summed E-state index contributed by atoms with van der Waals surface area (Å²) in [7, 11) is 0. The van der Waals surface area contributed by atoms with Gasteiger partial charge in [0, 0.05) is 6.08 Å². The van der Waals surface area contributed by atoms with E-state index < -0.39 is 5.97 Å². The molecule has 1 unspecified atom stereocenters. The molecule has 0 aromatic rings. The highest BCUT2D eigenvalue weighted by Gasteiger charge is 1.95. The molecule has 0 bridgehead atoms. The normalized spacial score (nSPS) is 13.2. The number of aliphatic carboxylic acids is 1. The van der Waals surface area contributed by atoms with Crippen LogP contribution in [0.15, 0.2) is 12.2 Å². The van der Waals surface area contributed by atoms with Crippen LogP contribution in [0.1, 0.15) is 51.9 Å². The van der Waals surface area contributed by atoms with Crippen LogP contribution in [0.4, 0.5) is 0 Å². The van der Waals surface area contributed by atoms with E-state index in [0.717, 1.165) is 38.5 Å². The zero-order valence-corrected chi connectivity index (χ0v) is 9.48. The average molecular weight is 214 g/mol. The highest BCUT2D eigenvalue weighted by atomic mass is 16.4. The molecule has 88 valence electrons. The van der Waals surface area contributed by atoms with Gasteiger partial charge in [0.05, 0.1) is 6.10 Å². The monoisotopic (exact) mass is 214 g/mol. The molecule has 15 heavy (non-hydrogen) atoms. The molecule has 0 spiro atoms. The van der Waals surface area contributed by atoms with Crippen LogP contribution >= 0.6 is 0 Å². The summed E-state index contributed by atoms with van der Waals surface area (Å²) in [5, 5.41) is 17.3. The van der Waals surface area contributed by atoms with Gasteiger partial charge in [-0.1, -0.05) is 31.8 Å². The lowest BCUT2D eigenvalue weighted by atomic mass is 10.1. The van der Waals surface area contributed by atoms with E-state index in [0.29, 0.717) is 0 Å². The minimum atomic E-state index is -0.869. The highest BCUT2D eigenvalue weighted by molar-refractivity contribution is 5.79. The highest BCUT2D eigenvalue weighted by Crippen LogP contribution is 2.08. The third-order valence-corrected chi connectivity index (χ3v) is 2.25. The molecule has 0 saturated heterocycles. The molecular formula is C12H22O3. The Morgan fingerprint density at radius 2 is 1.80 bits per heavy atom. The molecule has 0 fully saturated rings. The number of unbranched alkanes of at least 4 members (excludes halogenated alkanes) is 5. The fourth-order valence-electron chi connectivity index (χ4n) is 1.42. The number of hydrogen-bond donors (Lipinski definition) is 2. The van der Waals surface area contributed by atoms with Crippen molar-refractivity contribution in [1.29, 1.82) is 0 Å². The Balaban J connectivity index is 3.08. The largest absolute Gasteiger partial charge is 0.478 e. The number of rotatable bonds is 9. The maximum absolute atomic E-state index is 10.1. The number of aliphatic hydroxyl groups is 1. The Morgan fingerprint density at radius 1 is 1.20 bits per heavy atom. The van der Waals surface area contributed by atoms with Crippen molar-refractivity contribution in [1.82, 2.24) is 0 Å². The van der Waals surface area contributed by atoms with E-state index in [2.05, 4.69) is 0 Å². The summed E-state index contributed by atoms with van der Waals surface area (Å²) in [4.78, 5) is 10.1. The van der Waals surface area contributed by atoms with E-state index in [4.69, 9.17) is 10.2 Å². The summed E-state index contributed by atoms with van der Waals surface area (Å²) in [6.45, 7) is 1.82. The van der Waals surface area contributed by atoms with Crippen LogP contribution in [0.5, 0.6) is 0 Å². The van der Waals surface area contributed by atoms with E-state index in [9.17, 15) is 4.79 Å². The maximum atomic E-state index is 10.1. The van der Waals surface area contributed by atoms with Crippen molar-refractivity contribution in [3.8, 4) is 0 Å². The van der Waals surface area contributed by atoms with Crippen molar-refractivity contribution in [2.45, 2.75) is 58.0 Å². The smallest absolute Gasteiger partial charge is 0.327 e. The van der Waals surface area contributed by atoms with Gasteiger partial charge in [0.1, 0.15) is 0 Å². The summed E-state index contributed by atoms with van der Waals surface area (Å²) in [5.41, 5.74) is 0. The SMILES string of the molecule is CC(O)CCCCCCC/C=C/C(=O)O. The molecule has 2 N–H and O–H groups in total. The summed E-state index contributed by atoms with van der Waals surface area (Å²) in [6.07, 6.45) is 10.1. The third kappa shape index (κ3) is 13.2. The molecule has 0 aromatic heterocycles. The average Bonchev–Trinajstić information content (AvgIpc) is 2.14. The molecule has 0 aliphatic rings. The number of allylic oxidation sites excluding steroid dienone is 1. The predicted octanol–water partition coefficient (Wildman–Crippen LogP) is 2.74. The lowest BCUT2D eigenvalue weighted by molar-refractivity contribution is -0.131. The number of aliphatic hydroxyl groups excluding tert-OH is 1. The van der Waals surface area contributed by atoms with Gasteiger partial charge >= 0.3 is 5.97 Å². The predicted molar refractivity (Wildman–Crippen MR) is 60.8 cm³/mol. The van der Waals surface area contributed by atoms with Gasteiger partial charge < -0.3 is 10.2 Å². The number of carboxylic acids is 1. The zero-order valence-electron chi connectivity index (χ0n) is 9.48. The van der Waals surface area contributed by atoms with Gasteiger partial charge in [-0.2, -0.15) is 0 Å². The standard InChI is InChI=1S/C12H22O3/c1-11(13)9-7-5-3-2-4-6-8-10-12(14)15/h8,10-11,13H,2-7,9H2,1H3,(H,14,15)/b10-8+. The van der Waals surface area contributed by atoms with Gasteiger partial charge in [0.25, 0.3) is 0 Å². The molecule has 0 aliphatic heterocycles. The van der Waals surface area contributed by atoms with Gasteiger partial charge in [-0.25, -0.2) is 4.79 Å². The zero-order chi connectivity index (χ0) is 11.5. The second kappa shape index (κ2) is 9.71. The Bertz CT molecular complexity index is 185. The molecule has 0 amide bonds. The molecule has 0 aromatic carbocycles. The molecule has 0 radical (unpaired) electrons. The van der Waals surface area contributed by atoms with Crippen LogP contribution in [-0.4, -0.2) is 22.3 Å². The first-order valence-corrected chi connectivity index (χ1v) is 5.70. The molecule has 0 saturated carbocycles. The summed E-state index contributed by atoms with van der Waals surface area (Å²) in [6, 6.07) is 0. The summed E-state index contributed by atoms with van der Waals surface area (Å²) < 4.78 is 0. The van der Waals surface area contributed by atoms with Crippen molar-refractivity contribution in [3.05, 3.63) is 12.2 Å². The second-order valence-electron chi connectivity index (χ2n) is 3.93. The van der Waals surface area contributed by atoms with Gasteiger partial charge in [-0.15, -0.1) is 0 Å². The third-order valence-electron chi connectivity index (χ3n) is 2.25. The summed E-state index contributed by atoms with van der Waals surface area (Å²) in [5.74, 6) is -0.869. The van der Waals surface area contributed by atoms with Crippen LogP contribution < -0.4 is 0 Å². The van der Waals surface area contributed by atoms with E-state index >= 15 is 0 Å². The Labute approximate surface area is 91.8 Å². The number of hydrogen-bond acceptors (Lipinski definition) is 2. The van der Waals surface area contributed by atoms with Crippen LogP contribution in [0.2, 0.25) is 0 Å².